The van der Waals surface area contributed by atoms with Crippen molar-refractivity contribution in [3.63, 3.8) is 0 Å². The van der Waals surface area contributed by atoms with Crippen LogP contribution in [0.4, 0.5) is 0 Å². The fourth-order valence-electron chi connectivity index (χ4n) is 3.53. The number of nitrogens with one attached hydrogen (secondary N) is 1. The summed E-state index contributed by atoms with van der Waals surface area (Å²) in [5.74, 6) is 1.40. The Kier molecular flexibility index (Phi) is 4.61. The van der Waals surface area contributed by atoms with E-state index in [1.54, 1.807) is 0 Å². The van der Waals surface area contributed by atoms with E-state index >= 15 is 0 Å². The van der Waals surface area contributed by atoms with Crippen LogP contribution in [-0.4, -0.2) is 49.2 Å². The van der Waals surface area contributed by atoms with Crippen LogP contribution >= 0.6 is 0 Å². The number of hydrogen-bond acceptors (Lipinski definition) is 3. The summed E-state index contributed by atoms with van der Waals surface area (Å²) in [4.78, 5) is 14.7. The molecule has 4 nitrogen and oxygen atoms in total. The molecule has 0 aromatic carbocycles. The first-order valence-corrected chi connectivity index (χ1v) is 8.41. The number of piperidine rings is 1. The summed E-state index contributed by atoms with van der Waals surface area (Å²) < 4.78 is 5.66. The van der Waals surface area contributed by atoms with E-state index in [0.29, 0.717) is 11.9 Å². The van der Waals surface area contributed by atoms with Gasteiger partial charge in [-0.15, -0.1) is 0 Å². The van der Waals surface area contributed by atoms with Crippen molar-refractivity contribution in [3.05, 3.63) is 0 Å². The van der Waals surface area contributed by atoms with Crippen molar-refractivity contribution in [2.75, 3.05) is 26.2 Å². The number of rotatable bonds is 5. The second-order valence-electron chi connectivity index (χ2n) is 6.66. The molecule has 2 unspecified atom stereocenters. The molecule has 2 heterocycles. The van der Waals surface area contributed by atoms with E-state index in [0.717, 1.165) is 51.3 Å². The smallest absolute Gasteiger partial charge is 0.228 e. The lowest BCUT2D eigenvalue weighted by Gasteiger charge is -2.34. The summed E-state index contributed by atoms with van der Waals surface area (Å²) in [7, 11) is 0. The van der Waals surface area contributed by atoms with Crippen LogP contribution in [0.1, 0.15) is 45.4 Å². The molecule has 4 heteroatoms. The van der Waals surface area contributed by atoms with Gasteiger partial charge in [0, 0.05) is 25.7 Å². The maximum atomic E-state index is 12.6. The predicted molar refractivity (Wildman–Crippen MR) is 78.5 cm³/mol. The Morgan fingerprint density at radius 1 is 1.20 bits per heavy atom. The lowest BCUT2D eigenvalue weighted by atomic mass is 9.96. The van der Waals surface area contributed by atoms with Crippen molar-refractivity contribution >= 4 is 5.91 Å². The zero-order valence-corrected chi connectivity index (χ0v) is 12.6. The molecule has 1 amide bonds. The third-order valence-electron chi connectivity index (χ3n) is 5.13. The Balaban J connectivity index is 1.43. The molecule has 1 N–H and O–H groups in total. The highest BCUT2D eigenvalue weighted by Crippen LogP contribution is 2.29. The van der Waals surface area contributed by atoms with Crippen LogP contribution in [-0.2, 0) is 9.53 Å². The summed E-state index contributed by atoms with van der Waals surface area (Å²) in [5, 5.41) is 3.67. The van der Waals surface area contributed by atoms with Gasteiger partial charge in [0.15, 0.2) is 0 Å². The van der Waals surface area contributed by atoms with Crippen molar-refractivity contribution in [1.82, 2.24) is 10.2 Å². The highest BCUT2D eigenvalue weighted by molar-refractivity contribution is 5.79. The fraction of sp³-hybridized carbons (Fsp3) is 0.938. The molecular weight excluding hydrogens is 252 g/mol. The van der Waals surface area contributed by atoms with E-state index in [2.05, 4.69) is 17.1 Å². The van der Waals surface area contributed by atoms with E-state index in [1.807, 2.05) is 0 Å². The molecule has 2 saturated heterocycles. The number of amides is 1. The normalized spacial score (nSPS) is 31.8. The number of likely N-dealkylation sites (tertiary alicyclic amines) is 1. The second kappa shape index (κ2) is 6.44. The fourth-order valence-corrected chi connectivity index (χ4v) is 3.53. The van der Waals surface area contributed by atoms with Gasteiger partial charge in [-0.25, -0.2) is 0 Å². The van der Waals surface area contributed by atoms with Crippen molar-refractivity contribution in [3.8, 4) is 0 Å². The third-order valence-corrected chi connectivity index (χ3v) is 5.13. The maximum absolute atomic E-state index is 12.6. The zero-order chi connectivity index (χ0) is 13.9. The van der Waals surface area contributed by atoms with Gasteiger partial charge in [0.05, 0.1) is 12.0 Å². The van der Waals surface area contributed by atoms with E-state index in [1.165, 1.54) is 19.4 Å². The lowest BCUT2D eigenvalue weighted by molar-refractivity contribution is -0.138. The molecule has 20 heavy (non-hydrogen) atoms. The Morgan fingerprint density at radius 3 is 2.60 bits per heavy atom. The van der Waals surface area contributed by atoms with E-state index in [9.17, 15) is 4.79 Å². The van der Waals surface area contributed by atoms with Crippen LogP contribution in [0, 0.1) is 11.8 Å². The van der Waals surface area contributed by atoms with Crippen LogP contribution < -0.4 is 5.32 Å². The van der Waals surface area contributed by atoms with Gasteiger partial charge in [-0.3, -0.25) is 4.79 Å². The van der Waals surface area contributed by atoms with Crippen LogP contribution in [0.3, 0.4) is 0 Å². The molecule has 0 bridgehead atoms. The average molecular weight is 280 g/mol. The molecule has 2 atom stereocenters. The molecule has 3 fully saturated rings. The summed E-state index contributed by atoms with van der Waals surface area (Å²) in [6, 6.07) is 0.626. The summed E-state index contributed by atoms with van der Waals surface area (Å²) in [6.45, 7) is 5.91. The minimum atomic E-state index is 0.121. The highest BCUT2D eigenvalue weighted by atomic mass is 16.5. The standard InChI is InChI=1S/C16H28N2O2/c1-2-15-14(7-10-20-15)16(19)18-8-5-13(6-9-18)17-11-12-3-4-12/h12-15,17H,2-11H2,1H3. The van der Waals surface area contributed by atoms with Crippen molar-refractivity contribution < 1.29 is 9.53 Å². The summed E-state index contributed by atoms with van der Waals surface area (Å²) in [6.07, 6.45) is 7.07. The first-order valence-electron chi connectivity index (χ1n) is 8.41. The minimum absolute atomic E-state index is 0.121. The number of carbonyl (C=O) groups is 1. The molecule has 1 saturated carbocycles. The molecule has 114 valence electrons. The summed E-state index contributed by atoms with van der Waals surface area (Å²) >= 11 is 0. The van der Waals surface area contributed by atoms with Gasteiger partial charge in [0.1, 0.15) is 0 Å². The Hall–Kier alpha value is -0.610. The zero-order valence-electron chi connectivity index (χ0n) is 12.6. The van der Waals surface area contributed by atoms with Crippen molar-refractivity contribution in [2.45, 2.75) is 57.6 Å². The Bertz CT molecular complexity index is 335. The molecule has 0 aromatic rings. The van der Waals surface area contributed by atoms with Crippen LogP contribution in [0.25, 0.3) is 0 Å². The van der Waals surface area contributed by atoms with Gasteiger partial charge < -0.3 is 15.0 Å². The molecule has 3 rings (SSSR count). The summed E-state index contributed by atoms with van der Waals surface area (Å²) in [5.41, 5.74) is 0. The van der Waals surface area contributed by atoms with Crippen LogP contribution in [0.15, 0.2) is 0 Å². The maximum Gasteiger partial charge on any atom is 0.228 e. The Morgan fingerprint density at radius 2 is 1.95 bits per heavy atom. The average Bonchev–Trinajstić information content (AvgIpc) is 3.20. The highest BCUT2D eigenvalue weighted by Gasteiger charge is 2.36. The van der Waals surface area contributed by atoms with Crippen LogP contribution in [0.2, 0.25) is 0 Å². The van der Waals surface area contributed by atoms with Crippen LogP contribution in [0.5, 0.6) is 0 Å². The van der Waals surface area contributed by atoms with Crippen molar-refractivity contribution in [2.24, 2.45) is 11.8 Å². The van der Waals surface area contributed by atoms with Gasteiger partial charge in [0.25, 0.3) is 0 Å². The second-order valence-corrected chi connectivity index (χ2v) is 6.66. The van der Waals surface area contributed by atoms with Gasteiger partial charge in [-0.05, 0) is 51.0 Å². The van der Waals surface area contributed by atoms with Gasteiger partial charge >= 0.3 is 0 Å². The lowest BCUT2D eigenvalue weighted by Crippen LogP contribution is -2.48. The van der Waals surface area contributed by atoms with Gasteiger partial charge in [-0.1, -0.05) is 6.92 Å². The van der Waals surface area contributed by atoms with Gasteiger partial charge in [-0.2, -0.15) is 0 Å². The largest absolute Gasteiger partial charge is 0.377 e. The first kappa shape index (κ1) is 14.3. The predicted octanol–water partition coefficient (Wildman–Crippen LogP) is 1.79. The molecule has 1 aliphatic carbocycles. The number of hydrogen-bond donors (Lipinski definition) is 1. The number of carbonyl (C=O) groups excluding carboxylic acids is 1. The monoisotopic (exact) mass is 280 g/mol. The van der Waals surface area contributed by atoms with E-state index in [4.69, 9.17) is 4.74 Å². The molecular formula is C16H28N2O2. The van der Waals surface area contributed by atoms with Crippen molar-refractivity contribution in [1.29, 1.82) is 0 Å². The third kappa shape index (κ3) is 3.34. The Labute approximate surface area is 122 Å². The van der Waals surface area contributed by atoms with E-state index < -0.39 is 0 Å². The molecule has 0 spiro atoms. The topological polar surface area (TPSA) is 41.6 Å². The van der Waals surface area contributed by atoms with E-state index in [-0.39, 0.29) is 12.0 Å². The minimum Gasteiger partial charge on any atom is -0.377 e. The molecule has 0 radical (unpaired) electrons. The molecule has 0 aromatic heterocycles. The quantitative estimate of drug-likeness (QED) is 0.835. The first-order chi connectivity index (χ1) is 9.78. The van der Waals surface area contributed by atoms with Gasteiger partial charge in [0.2, 0.25) is 5.91 Å². The SMILES string of the molecule is CCC1OCCC1C(=O)N1CCC(NCC2CC2)CC1. The molecule has 2 aliphatic heterocycles. The number of nitrogens with zero attached hydrogens (tertiary/aromatic N) is 1. The number of ether oxygens (including phenoxy) is 1. The molecule has 3 aliphatic rings.